The quantitative estimate of drug-likeness (QED) is 0.475. The van der Waals surface area contributed by atoms with Crippen molar-refractivity contribution >= 4 is 46.2 Å². The van der Waals surface area contributed by atoms with Crippen molar-refractivity contribution in [2.75, 3.05) is 47.1 Å². The van der Waals surface area contributed by atoms with Gasteiger partial charge in [-0.25, -0.2) is 5.01 Å². The Bertz CT molecular complexity index is 840. The number of hydrogen-bond acceptors (Lipinski definition) is 8. The number of benzene rings is 1. The van der Waals surface area contributed by atoms with Crippen molar-refractivity contribution in [3.8, 4) is 11.5 Å². The lowest BCUT2D eigenvalue weighted by Crippen LogP contribution is -2.48. The van der Waals surface area contributed by atoms with Crippen LogP contribution in [0.4, 0.5) is 0 Å². The summed E-state index contributed by atoms with van der Waals surface area (Å²) in [5, 5.41) is 1.86. The van der Waals surface area contributed by atoms with Gasteiger partial charge in [0.2, 0.25) is 5.91 Å². The molecule has 162 valence electrons. The van der Waals surface area contributed by atoms with Crippen molar-refractivity contribution in [1.29, 1.82) is 0 Å². The Morgan fingerprint density at radius 1 is 1.27 bits per heavy atom. The van der Waals surface area contributed by atoms with E-state index in [0.29, 0.717) is 66.4 Å². The number of methoxy groups -OCH3 is 2. The van der Waals surface area contributed by atoms with Crippen LogP contribution in [-0.4, -0.2) is 73.1 Å². The van der Waals surface area contributed by atoms with Gasteiger partial charge in [-0.15, -0.1) is 0 Å². The van der Waals surface area contributed by atoms with E-state index < -0.39 is 0 Å². The maximum atomic E-state index is 12.8. The number of thiocarbonyl (C=S) groups is 1. The average molecular weight is 452 g/mol. The molecule has 30 heavy (non-hydrogen) atoms. The molecule has 0 spiro atoms. The van der Waals surface area contributed by atoms with E-state index >= 15 is 0 Å². The summed E-state index contributed by atoms with van der Waals surface area (Å²) >= 11 is 6.63. The number of hydrogen-bond donors (Lipinski definition) is 1. The maximum Gasteiger partial charge on any atom is 0.266 e. The summed E-state index contributed by atoms with van der Waals surface area (Å²) in [6, 6.07) is 5.45. The molecule has 2 amide bonds. The Kier molecular flexibility index (Phi) is 8.08. The van der Waals surface area contributed by atoms with Crippen LogP contribution in [0, 0.1) is 0 Å². The summed E-state index contributed by atoms with van der Waals surface area (Å²) in [7, 11) is 3.14. The van der Waals surface area contributed by atoms with Crippen molar-refractivity contribution in [2.24, 2.45) is 0 Å². The van der Waals surface area contributed by atoms with Crippen molar-refractivity contribution in [2.45, 2.75) is 12.8 Å². The summed E-state index contributed by atoms with van der Waals surface area (Å²) in [6.45, 7) is 3.00. The molecule has 2 fully saturated rings. The molecular formula is C20H25N3O5S2. The van der Waals surface area contributed by atoms with Gasteiger partial charge in [-0.1, -0.05) is 30.0 Å². The third-order valence-electron chi connectivity index (χ3n) is 4.66. The Morgan fingerprint density at radius 2 is 2.00 bits per heavy atom. The number of morpholine rings is 1. The molecule has 10 heteroatoms. The second-order valence-corrected chi connectivity index (χ2v) is 8.36. The number of nitrogens with one attached hydrogen (secondary N) is 1. The van der Waals surface area contributed by atoms with Gasteiger partial charge in [-0.2, -0.15) is 0 Å². The fraction of sp³-hybridized carbons (Fsp3) is 0.450. The van der Waals surface area contributed by atoms with Gasteiger partial charge in [0, 0.05) is 26.1 Å². The van der Waals surface area contributed by atoms with E-state index in [0.717, 1.165) is 5.56 Å². The van der Waals surface area contributed by atoms with Crippen LogP contribution in [-0.2, 0) is 14.3 Å². The highest BCUT2D eigenvalue weighted by molar-refractivity contribution is 8.26. The fourth-order valence-electron chi connectivity index (χ4n) is 3.09. The normalized spacial score (nSPS) is 18.7. The smallest absolute Gasteiger partial charge is 0.266 e. The Balaban J connectivity index is 1.54. The minimum Gasteiger partial charge on any atom is -0.493 e. The SMILES string of the molecule is COc1ccc(/C=C2\SC(=S)N(CCCC(=O)NN3CCOCC3)C2=O)cc1OC. The van der Waals surface area contributed by atoms with E-state index in [4.69, 9.17) is 26.4 Å². The largest absolute Gasteiger partial charge is 0.493 e. The summed E-state index contributed by atoms with van der Waals surface area (Å²) in [6.07, 6.45) is 2.64. The van der Waals surface area contributed by atoms with Gasteiger partial charge in [0.15, 0.2) is 11.5 Å². The first-order chi connectivity index (χ1) is 14.5. The molecule has 1 N–H and O–H groups in total. The highest BCUT2D eigenvalue weighted by Gasteiger charge is 2.31. The zero-order valence-electron chi connectivity index (χ0n) is 17.0. The molecule has 0 unspecified atom stereocenters. The number of ether oxygens (including phenoxy) is 3. The zero-order valence-corrected chi connectivity index (χ0v) is 18.6. The second kappa shape index (κ2) is 10.8. The molecule has 1 aromatic carbocycles. The first kappa shape index (κ1) is 22.5. The van der Waals surface area contributed by atoms with Crippen LogP contribution in [0.25, 0.3) is 6.08 Å². The second-order valence-electron chi connectivity index (χ2n) is 6.69. The van der Waals surface area contributed by atoms with E-state index in [1.807, 2.05) is 11.1 Å². The van der Waals surface area contributed by atoms with Crippen LogP contribution < -0.4 is 14.9 Å². The zero-order chi connectivity index (χ0) is 21.5. The van der Waals surface area contributed by atoms with E-state index in [-0.39, 0.29) is 11.8 Å². The van der Waals surface area contributed by atoms with Crippen molar-refractivity contribution in [3.63, 3.8) is 0 Å². The maximum absolute atomic E-state index is 12.8. The molecule has 0 saturated carbocycles. The first-order valence-electron chi connectivity index (χ1n) is 9.61. The van der Waals surface area contributed by atoms with Crippen LogP contribution in [0.1, 0.15) is 18.4 Å². The number of nitrogens with zero attached hydrogens (tertiary/aromatic N) is 2. The summed E-state index contributed by atoms with van der Waals surface area (Å²) in [5.41, 5.74) is 3.69. The van der Waals surface area contributed by atoms with E-state index in [1.165, 1.54) is 11.8 Å². The molecule has 0 bridgehead atoms. The number of amides is 2. The predicted molar refractivity (Wildman–Crippen MR) is 119 cm³/mol. The van der Waals surface area contributed by atoms with Gasteiger partial charge in [-0.05, 0) is 30.2 Å². The lowest BCUT2D eigenvalue weighted by molar-refractivity contribution is -0.128. The number of rotatable bonds is 8. The Labute approximate surface area is 185 Å². The molecule has 0 aromatic heterocycles. The number of carbonyl (C=O) groups is 2. The third-order valence-corrected chi connectivity index (χ3v) is 6.04. The molecule has 0 aliphatic carbocycles. The monoisotopic (exact) mass is 451 g/mol. The molecule has 2 aliphatic rings. The number of hydrazine groups is 1. The van der Waals surface area contributed by atoms with E-state index in [9.17, 15) is 9.59 Å². The van der Waals surface area contributed by atoms with Crippen LogP contribution in [0.15, 0.2) is 23.1 Å². The van der Waals surface area contributed by atoms with Gasteiger partial charge < -0.3 is 14.2 Å². The standard InChI is InChI=1S/C20H25N3O5S2/c1-26-15-6-5-14(12-16(15)27-2)13-17-19(25)23(20(29)30-17)7-3-4-18(24)21-22-8-10-28-11-9-22/h5-6,12-13H,3-4,7-11H2,1-2H3,(H,21,24)/b17-13-. The minimum atomic E-state index is -0.145. The Morgan fingerprint density at radius 3 is 2.70 bits per heavy atom. The molecule has 0 radical (unpaired) electrons. The lowest BCUT2D eigenvalue weighted by atomic mass is 10.2. The van der Waals surface area contributed by atoms with E-state index in [1.54, 1.807) is 37.3 Å². The first-order valence-corrected chi connectivity index (χ1v) is 10.8. The van der Waals surface area contributed by atoms with Crippen LogP contribution in [0.3, 0.4) is 0 Å². The van der Waals surface area contributed by atoms with Crippen molar-refractivity contribution < 1.29 is 23.8 Å². The van der Waals surface area contributed by atoms with Gasteiger partial charge >= 0.3 is 0 Å². The molecule has 3 rings (SSSR count). The average Bonchev–Trinajstić information content (AvgIpc) is 3.01. The van der Waals surface area contributed by atoms with Crippen LogP contribution in [0.2, 0.25) is 0 Å². The van der Waals surface area contributed by atoms with Crippen molar-refractivity contribution in [1.82, 2.24) is 15.3 Å². The highest BCUT2D eigenvalue weighted by Crippen LogP contribution is 2.34. The highest BCUT2D eigenvalue weighted by atomic mass is 32.2. The Hall–Kier alpha value is -2.14. The number of thioether (sulfide) groups is 1. The number of carbonyl (C=O) groups excluding carboxylic acids is 2. The molecule has 8 nitrogen and oxygen atoms in total. The molecule has 1 aromatic rings. The third kappa shape index (κ3) is 5.72. The van der Waals surface area contributed by atoms with Gasteiger partial charge in [0.05, 0.1) is 32.3 Å². The minimum absolute atomic E-state index is 0.0665. The van der Waals surface area contributed by atoms with Crippen LogP contribution in [0.5, 0.6) is 11.5 Å². The van der Waals surface area contributed by atoms with Crippen LogP contribution >= 0.6 is 24.0 Å². The molecule has 0 atom stereocenters. The summed E-state index contributed by atoms with van der Waals surface area (Å²) < 4.78 is 16.3. The molecule has 2 saturated heterocycles. The van der Waals surface area contributed by atoms with Gasteiger partial charge in [-0.3, -0.25) is 19.9 Å². The lowest BCUT2D eigenvalue weighted by Gasteiger charge is -2.27. The molecule has 2 heterocycles. The fourth-order valence-corrected chi connectivity index (χ4v) is 4.40. The summed E-state index contributed by atoms with van der Waals surface area (Å²) in [4.78, 5) is 27.0. The summed E-state index contributed by atoms with van der Waals surface area (Å²) in [5.74, 6) is 1.00. The van der Waals surface area contributed by atoms with E-state index in [2.05, 4.69) is 5.43 Å². The van der Waals surface area contributed by atoms with Gasteiger partial charge in [0.1, 0.15) is 4.32 Å². The topological polar surface area (TPSA) is 80.3 Å². The molecule has 2 aliphatic heterocycles. The molecular weight excluding hydrogens is 426 g/mol. The van der Waals surface area contributed by atoms with Gasteiger partial charge in [0.25, 0.3) is 5.91 Å². The van der Waals surface area contributed by atoms with Crippen molar-refractivity contribution in [3.05, 3.63) is 28.7 Å². The predicted octanol–water partition coefficient (Wildman–Crippen LogP) is 2.05.